The van der Waals surface area contributed by atoms with Crippen molar-refractivity contribution in [2.24, 2.45) is 0 Å². The summed E-state index contributed by atoms with van der Waals surface area (Å²) in [6.07, 6.45) is 0. The molecule has 0 saturated carbocycles. The van der Waals surface area contributed by atoms with E-state index in [0.29, 0.717) is 0 Å². The first-order chi connectivity index (χ1) is 10.1. The third-order valence-electron chi connectivity index (χ3n) is 3.29. The second kappa shape index (κ2) is 6.04. The molecule has 104 valence electrons. The van der Waals surface area contributed by atoms with Crippen molar-refractivity contribution in [3.05, 3.63) is 70.7 Å². The van der Waals surface area contributed by atoms with E-state index in [2.05, 4.69) is 46.3 Å². The molecule has 0 heterocycles. The molecular formula is C18H13BrOS. The molecule has 0 spiro atoms. The normalized spacial score (nSPS) is 10.8. The molecular weight excluding hydrogens is 344 g/mol. The number of hydrogen-bond donors (Lipinski definition) is 0. The molecule has 0 unspecified atom stereocenters. The Morgan fingerprint density at radius 1 is 0.952 bits per heavy atom. The Morgan fingerprint density at radius 2 is 1.71 bits per heavy atom. The molecule has 3 heteroatoms. The smallest absolute Gasteiger partial charge is 0.159 e. The number of benzene rings is 3. The second-order valence-corrected chi connectivity index (χ2v) is 6.78. The lowest BCUT2D eigenvalue weighted by Crippen LogP contribution is -1.91. The van der Waals surface area contributed by atoms with Crippen LogP contribution in [-0.2, 0) is 0 Å². The molecule has 0 N–H and O–H groups in total. The van der Waals surface area contributed by atoms with Crippen LogP contribution in [0.3, 0.4) is 0 Å². The third kappa shape index (κ3) is 3.20. The minimum atomic E-state index is 0.0814. The zero-order valence-electron chi connectivity index (χ0n) is 11.5. The number of carbonyl (C=O) groups is 1. The van der Waals surface area contributed by atoms with Crippen LogP contribution >= 0.6 is 27.7 Å². The van der Waals surface area contributed by atoms with Gasteiger partial charge in [-0.2, -0.15) is 0 Å². The van der Waals surface area contributed by atoms with Crippen molar-refractivity contribution in [1.82, 2.24) is 0 Å². The van der Waals surface area contributed by atoms with E-state index in [1.54, 1.807) is 18.7 Å². The van der Waals surface area contributed by atoms with Crippen molar-refractivity contribution >= 4 is 44.2 Å². The zero-order valence-corrected chi connectivity index (χ0v) is 13.9. The predicted octanol–water partition coefficient (Wildman–Crippen LogP) is 5.96. The van der Waals surface area contributed by atoms with Crippen molar-refractivity contribution in [2.75, 3.05) is 0 Å². The maximum absolute atomic E-state index is 11.4. The molecule has 0 aliphatic heterocycles. The van der Waals surface area contributed by atoms with Gasteiger partial charge in [0.15, 0.2) is 5.78 Å². The Labute approximate surface area is 136 Å². The number of fused-ring (bicyclic) bond motifs is 1. The molecule has 3 rings (SSSR count). The lowest BCUT2D eigenvalue weighted by Gasteiger charge is -2.07. The fourth-order valence-corrected chi connectivity index (χ4v) is 3.65. The fraction of sp³-hybridized carbons (Fsp3) is 0.0556. The monoisotopic (exact) mass is 356 g/mol. The highest BCUT2D eigenvalue weighted by atomic mass is 79.9. The summed E-state index contributed by atoms with van der Waals surface area (Å²) in [5.41, 5.74) is 0.727. The summed E-state index contributed by atoms with van der Waals surface area (Å²) in [4.78, 5) is 13.7. The fourth-order valence-electron chi connectivity index (χ4n) is 2.16. The summed E-state index contributed by atoms with van der Waals surface area (Å²) in [5, 5.41) is 2.48. The summed E-state index contributed by atoms with van der Waals surface area (Å²) in [7, 11) is 0. The molecule has 0 atom stereocenters. The van der Waals surface area contributed by atoms with Gasteiger partial charge in [0.05, 0.1) is 0 Å². The summed E-state index contributed by atoms with van der Waals surface area (Å²) >= 11 is 5.24. The van der Waals surface area contributed by atoms with Crippen LogP contribution in [0, 0.1) is 0 Å². The average molecular weight is 357 g/mol. The predicted molar refractivity (Wildman–Crippen MR) is 92.2 cm³/mol. The summed E-state index contributed by atoms with van der Waals surface area (Å²) < 4.78 is 0.952. The van der Waals surface area contributed by atoms with E-state index in [-0.39, 0.29) is 5.78 Å². The van der Waals surface area contributed by atoms with Crippen LogP contribution in [0.15, 0.2) is 74.9 Å². The van der Waals surface area contributed by atoms with Gasteiger partial charge in [0.2, 0.25) is 0 Å². The van der Waals surface area contributed by atoms with Crippen LogP contribution in [0.2, 0.25) is 0 Å². The molecule has 0 aliphatic rings. The van der Waals surface area contributed by atoms with Gasteiger partial charge in [-0.25, -0.2) is 0 Å². The Bertz CT molecular complexity index is 826. The van der Waals surface area contributed by atoms with E-state index in [0.717, 1.165) is 14.9 Å². The van der Waals surface area contributed by atoms with Crippen molar-refractivity contribution in [1.29, 1.82) is 0 Å². The number of carbonyl (C=O) groups excluding carboxylic acids is 1. The molecule has 3 aromatic carbocycles. The average Bonchev–Trinajstić information content (AvgIpc) is 2.49. The maximum atomic E-state index is 11.4. The van der Waals surface area contributed by atoms with Crippen LogP contribution in [0.4, 0.5) is 0 Å². The van der Waals surface area contributed by atoms with Gasteiger partial charge in [-0.05, 0) is 57.9 Å². The highest BCUT2D eigenvalue weighted by Gasteiger charge is 2.06. The van der Waals surface area contributed by atoms with Gasteiger partial charge >= 0.3 is 0 Å². The minimum Gasteiger partial charge on any atom is -0.295 e. The van der Waals surface area contributed by atoms with E-state index >= 15 is 0 Å². The van der Waals surface area contributed by atoms with Gasteiger partial charge in [-0.3, -0.25) is 4.79 Å². The number of ketones is 1. The maximum Gasteiger partial charge on any atom is 0.159 e. The van der Waals surface area contributed by atoms with Gasteiger partial charge in [0.25, 0.3) is 0 Å². The van der Waals surface area contributed by atoms with Crippen molar-refractivity contribution in [2.45, 2.75) is 16.7 Å². The molecule has 21 heavy (non-hydrogen) atoms. The molecule has 3 aromatic rings. The first-order valence-corrected chi connectivity index (χ1v) is 8.21. The number of rotatable bonds is 3. The highest BCUT2D eigenvalue weighted by molar-refractivity contribution is 9.10. The summed E-state index contributed by atoms with van der Waals surface area (Å²) in [5.74, 6) is 0.0814. The van der Waals surface area contributed by atoms with Gasteiger partial charge in [-0.15, -0.1) is 0 Å². The Kier molecular flexibility index (Phi) is 4.13. The van der Waals surface area contributed by atoms with Gasteiger partial charge in [0, 0.05) is 19.8 Å². The number of hydrogen-bond acceptors (Lipinski definition) is 2. The quantitative estimate of drug-likeness (QED) is 0.538. The van der Waals surface area contributed by atoms with E-state index in [1.807, 2.05) is 30.3 Å². The summed E-state index contributed by atoms with van der Waals surface area (Å²) in [6, 6.07) is 20.5. The first-order valence-electron chi connectivity index (χ1n) is 6.60. The lowest BCUT2D eigenvalue weighted by molar-refractivity contribution is 0.101. The molecule has 0 radical (unpaired) electrons. The van der Waals surface area contributed by atoms with Crippen LogP contribution in [0.25, 0.3) is 10.8 Å². The molecule has 0 saturated heterocycles. The lowest BCUT2D eigenvalue weighted by atomic mass is 10.1. The van der Waals surface area contributed by atoms with Crippen LogP contribution in [0.1, 0.15) is 17.3 Å². The van der Waals surface area contributed by atoms with E-state index in [9.17, 15) is 4.79 Å². The summed E-state index contributed by atoms with van der Waals surface area (Å²) in [6.45, 7) is 1.58. The van der Waals surface area contributed by atoms with E-state index in [4.69, 9.17) is 0 Å². The first kappa shape index (κ1) is 14.4. The molecule has 0 aliphatic carbocycles. The SMILES string of the molecule is CC(=O)c1ccc(Sc2ccc3ccccc3c2)c(Br)c1. The highest BCUT2D eigenvalue weighted by Crippen LogP contribution is 2.35. The number of Topliss-reactive ketones (excluding diaryl/α,β-unsaturated/α-hetero) is 1. The minimum absolute atomic E-state index is 0.0814. The molecule has 1 nitrogen and oxygen atoms in total. The van der Waals surface area contributed by atoms with Crippen LogP contribution in [-0.4, -0.2) is 5.78 Å². The van der Waals surface area contributed by atoms with Crippen LogP contribution < -0.4 is 0 Å². The second-order valence-electron chi connectivity index (χ2n) is 4.81. The van der Waals surface area contributed by atoms with Gasteiger partial charge in [-0.1, -0.05) is 48.2 Å². The van der Waals surface area contributed by atoms with Gasteiger partial charge in [0.1, 0.15) is 0 Å². The van der Waals surface area contributed by atoms with Crippen molar-refractivity contribution in [3.63, 3.8) is 0 Å². The molecule has 0 fully saturated rings. The van der Waals surface area contributed by atoms with Crippen molar-refractivity contribution < 1.29 is 4.79 Å². The Hall–Kier alpha value is -1.58. The third-order valence-corrected chi connectivity index (χ3v) is 5.27. The molecule has 0 amide bonds. The van der Waals surface area contributed by atoms with Crippen molar-refractivity contribution in [3.8, 4) is 0 Å². The van der Waals surface area contributed by atoms with E-state index < -0.39 is 0 Å². The number of halogens is 1. The Balaban J connectivity index is 1.93. The molecule has 0 bridgehead atoms. The topological polar surface area (TPSA) is 17.1 Å². The molecule has 0 aromatic heterocycles. The standard InChI is InChI=1S/C18H13BrOS/c1-12(20)14-7-9-18(17(19)11-14)21-16-8-6-13-4-2-3-5-15(13)10-16/h2-11H,1H3. The largest absolute Gasteiger partial charge is 0.295 e. The van der Waals surface area contributed by atoms with E-state index in [1.165, 1.54) is 15.7 Å². The van der Waals surface area contributed by atoms with Gasteiger partial charge < -0.3 is 0 Å². The van der Waals surface area contributed by atoms with Crippen LogP contribution in [0.5, 0.6) is 0 Å². The Morgan fingerprint density at radius 3 is 2.43 bits per heavy atom. The zero-order chi connectivity index (χ0) is 14.8.